The number of ether oxygens (including phenoxy) is 1. The smallest absolute Gasteiger partial charge is 0.0608 e. The monoisotopic (exact) mass is 294 g/mol. The normalized spacial score (nSPS) is 35.7. The first-order chi connectivity index (χ1) is 10.3. The lowest BCUT2D eigenvalue weighted by Gasteiger charge is -2.18. The molecule has 2 rings (SSSR count). The lowest BCUT2D eigenvalue weighted by atomic mass is 9.89. The minimum absolute atomic E-state index is 0.0734. The van der Waals surface area contributed by atoms with Crippen molar-refractivity contribution in [1.82, 2.24) is 0 Å². The second-order valence-electron chi connectivity index (χ2n) is 7.20. The van der Waals surface area contributed by atoms with E-state index in [0.717, 1.165) is 37.2 Å². The summed E-state index contributed by atoms with van der Waals surface area (Å²) in [7, 11) is 1.79. The molecule has 0 spiro atoms. The average Bonchev–Trinajstić information content (AvgIpc) is 2.97. The van der Waals surface area contributed by atoms with E-state index in [0.29, 0.717) is 5.92 Å². The summed E-state index contributed by atoms with van der Waals surface area (Å²) >= 11 is 0. The Morgan fingerprint density at radius 2 is 2.00 bits per heavy atom. The van der Waals surface area contributed by atoms with E-state index in [1.807, 2.05) is 0 Å². The van der Waals surface area contributed by atoms with Gasteiger partial charge in [-0.3, -0.25) is 0 Å². The van der Waals surface area contributed by atoms with Crippen LogP contribution in [0.25, 0.3) is 0 Å². The van der Waals surface area contributed by atoms with E-state index >= 15 is 0 Å². The van der Waals surface area contributed by atoms with Crippen molar-refractivity contribution in [2.75, 3.05) is 13.7 Å². The van der Waals surface area contributed by atoms with Gasteiger partial charge in [-0.15, -0.1) is 0 Å². The van der Waals surface area contributed by atoms with Gasteiger partial charge in [0.25, 0.3) is 0 Å². The van der Waals surface area contributed by atoms with Crippen LogP contribution in [0.4, 0.5) is 0 Å². The lowest BCUT2D eigenvalue weighted by molar-refractivity contribution is 0.134. The number of hydrogen-bond acceptors (Lipinski definition) is 2. The van der Waals surface area contributed by atoms with Crippen LogP contribution in [0, 0.1) is 23.7 Å². The fourth-order valence-electron chi connectivity index (χ4n) is 4.55. The molecule has 0 aliphatic heterocycles. The van der Waals surface area contributed by atoms with Gasteiger partial charge in [0.05, 0.1) is 6.10 Å². The molecule has 2 aliphatic rings. The maximum atomic E-state index is 10.3. The number of methoxy groups -OCH3 is 1. The molecule has 0 radical (unpaired) electrons. The minimum atomic E-state index is -0.0734. The van der Waals surface area contributed by atoms with Crippen molar-refractivity contribution in [3.05, 3.63) is 12.2 Å². The molecule has 0 saturated heterocycles. The summed E-state index contributed by atoms with van der Waals surface area (Å²) in [5, 5.41) is 10.3. The molecule has 2 heteroatoms. The van der Waals surface area contributed by atoms with Gasteiger partial charge >= 0.3 is 0 Å². The van der Waals surface area contributed by atoms with E-state index in [1.165, 1.54) is 44.9 Å². The molecule has 0 aromatic heterocycles. The third-order valence-electron chi connectivity index (χ3n) is 5.60. The fraction of sp³-hybridized carbons (Fsp3) is 0.895. The van der Waals surface area contributed by atoms with E-state index in [1.54, 1.807) is 7.11 Å². The van der Waals surface area contributed by atoms with Crippen molar-refractivity contribution >= 4 is 0 Å². The van der Waals surface area contributed by atoms with Crippen LogP contribution in [0.1, 0.15) is 64.7 Å². The Morgan fingerprint density at radius 3 is 2.76 bits per heavy atom. The zero-order valence-electron chi connectivity index (χ0n) is 14.0. The summed E-state index contributed by atoms with van der Waals surface area (Å²) in [6.45, 7) is 3.12. The van der Waals surface area contributed by atoms with Crippen LogP contribution >= 0.6 is 0 Å². The van der Waals surface area contributed by atoms with Crippen LogP contribution in [-0.2, 0) is 4.74 Å². The lowest BCUT2D eigenvalue weighted by Crippen LogP contribution is -2.17. The van der Waals surface area contributed by atoms with Crippen LogP contribution in [0.2, 0.25) is 0 Å². The molecule has 2 fully saturated rings. The molecule has 0 aromatic carbocycles. The average molecular weight is 294 g/mol. The van der Waals surface area contributed by atoms with Crippen LogP contribution < -0.4 is 0 Å². The summed E-state index contributed by atoms with van der Waals surface area (Å²) in [5.74, 6) is 2.91. The molecule has 2 nitrogen and oxygen atoms in total. The summed E-state index contributed by atoms with van der Waals surface area (Å²) in [6, 6.07) is 0. The van der Waals surface area contributed by atoms with Gasteiger partial charge in [0.2, 0.25) is 0 Å². The maximum absolute atomic E-state index is 10.3. The highest BCUT2D eigenvalue weighted by molar-refractivity contribution is 5.05. The third-order valence-corrected chi connectivity index (χ3v) is 5.60. The van der Waals surface area contributed by atoms with Gasteiger partial charge in [0.15, 0.2) is 0 Å². The topological polar surface area (TPSA) is 29.5 Å². The van der Waals surface area contributed by atoms with E-state index < -0.39 is 0 Å². The van der Waals surface area contributed by atoms with Gasteiger partial charge in [-0.2, -0.15) is 0 Å². The fourth-order valence-corrected chi connectivity index (χ4v) is 4.55. The minimum Gasteiger partial charge on any atom is -0.392 e. The SMILES string of the molecule is CCC/C=C/[C@@H]1C2CC(CCCCCOC)CC2C[C@H]1O. The maximum Gasteiger partial charge on any atom is 0.0608 e. The first-order valence-electron chi connectivity index (χ1n) is 9.09. The number of aliphatic hydroxyl groups excluding tert-OH is 1. The van der Waals surface area contributed by atoms with Crippen LogP contribution in [0.5, 0.6) is 0 Å². The Bertz CT molecular complexity index is 313. The number of hydrogen-bond donors (Lipinski definition) is 1. The number of rotatable bonds is 9. The van der Waals surface area contributed by atoms with E-state index in [-0.39, 0.29) is 6.10 Å². The molecular weight excluding hydrogens is 260 g/mol. The molecular formula is C19H34O2. The highest BCUT2D eigenvalue weighted by Crippen LogP contribution is 2.51. The van der Waals surface area contributed by atoms with E-state index in [4.69, 9.17) is 4.74 Å². The second-order valence-corrected chi connectivity index (χ2v) is 7.20. The van der Waals surface area contributed by atoms with Crippen molar-refractivity contribution in [2.24, 2.45) is 23.7 Å². The Kier molecular flexibility index (Phi) is 7.25. The predicted molar refractivity (Wildman–Crippen MR) is 88.2 cm³/mol. The Labute approximate surface area is 131 Å². The molecule has 2 saturated carbocycles. The second kappa shape index (κ2) is 8.95. The molecule has 2 aliphatic carbocycles. The molecule has 0 aromatic rings. The quantitative estimate of drug-likeness (QED) is 0.498. The van der Waals surface area contributed by atoms with E-state index in [2.05, 4.69) is 19.1 Å². The van der Waals surface area contributed by atoms with E-state index in [9.17, 15) is 5.11 Å². The van der Waals surface area contributed by atoms with Crippen molar-refractivity contribution in [3.63, 3.8) is 0 Å². The molecule has 0 amide bonds. The predicted octanol–water partition coefficient (Wildman–Crippen LogP) is 4.57. The van der Waals surface area contributed by atoms with Gasteiger partial charge in [-0.05, 0) is 49.9 Å². The van der Waals surface area contributed by atoms with Crippen molar-refractivity contribution < 1.29 is 9.84 Å². The first kappa shape index (κ1) is 17.0. The molecule has 0 heterocycles. The summed E-state index contributed by atoms with van der Waals surface area (Å²) in [4.78, 5) is 0. The molecule has 0 bridgehead atoms. The molecule has 1 N–H and O–H groups in total. The van der Waals surface area contributed by atoms with Crippen molar-refractivity contribution in [2.45, 2.75) is 70.8 Å². The number of allylic oxidation sites excluding steroid dienone is 1. The Balaban J connectivity index is 1.73. The summed E-state index contributed by atoms with van der Waals surface area (Å²) < 4.78 is 5.11. The van der Waals surface area contributed by atoms with Gasteiger partial charge < -0.3 is 9.84 Å². The molecule has 21 heavy (non-hydrogen) atoms. The highest BCUT2D eigenvalue weighted by Gasteiger charge is 2.46. The molecule has 5 atom stereocenters. The number of fused-ring (bicyclic) bond motifs is 1. The highest BCUT2D eigenvalue weighted by atomic mass is 16.5. The van der Waals surface area contributed by atoms with Gasteiger partial charge in [-0.1, -0.05) is 44.8 Å². The first-order valence-corrected chi connectivity index (χ1v) is 9.09. The Morgan fingerprint density at radius 1 is 1.14 bits per heavy atom. The van der Waals surface area contributed by atoms with Crippen molar-refractivity contribution in [1.29, 1.82) is 0 Å². The Hall–Kier alpha value is -0.340. The van der Waals surface area contributed by atoms with Gasteiger partial charge in [0.1, 0.15) is 0 Å². The van der Waals surface area contributed by atoms with Crippen LogP contribution in [-0.4, -0.2) is 24.9 Å². The van der Waals surface area contributed by atoms with Crippen LogP contribution in [0.3, 0.4) is 0 Å². The summed E-state index contributed by atoms with van der Waals surface area (Å²) in [6.07, 6.45) is 15.9. The van der Waals surface area contributed by atoms with Crippen molar-refractivity contribution in [3.8, 4) is 0 Å². The standard InChI is InChI=1S/C19H34O2/c1-3-4-6-10-17-18-13-15(9-7-5-8-11-21-2)12-16(18)14-19(17)20/h6,10,15-20H,3-5,7-9,11-14H2,1-2H3/b10-6+/t15?,16?,17-,18?,19-/m1/s1. The molecule has 122 valence electrons. The zero-order chi connectivity index (χ0) is 15.1. The van der Waals surface area contributed by atoms with Crippen LogP contribution in [0.15, 0.2) is 12.2 Å². The summed E-state index contributed by atoms with van der Waals surface area (Å²) in [5.41, 5.74) is 0. The largest absolute Gasteiger partial charge is 0.392 e. The number of unbranched alkanes of at least 4 members (excludes halogenated alkanes) is 3. The molecule has 3 unspecified atom stereocenters. The van der Waals surface area contributed by atoms with Gasteiger partial charge in [0, 0.05) is 19.6 Å². The zero-order valence-corrected chi connectivity index (χ0v) is 14.0. The number of aliphatic hydroxyl groups is 1. The third kappa shape index (κ3) is 4.82. The van der Waals surface area contributed by atoms with Gasteiger partial charge in [-0.25, -0.2) is 0 Å².